The molecule has 0 radical (unpaired) electrons. The van der Waals surface area contributed by atoms with Gasteiger partial charge < -0.3 is 9.30 Å². The zero-order chi connectivity index (χ0) is 23.6. The normalized spacial score (nSPS) is 16.1. The van der Waals surface area contributed by atoms with Crippen molar-refractivity contribution in [2.75, 3.05) is 20.2 Å². The molecule has 2 heterocycles. The van der Waals surface area contributed by atoms with E-state index in [0.29, 0.717) is 17.6 Å². The summed E-state index contributed by atoms with van der Waals surface area (Å²) in [6.45, 7) is 0.346. The van der Waals surface area contributed by atoms with Gasteiger partial charge in [0.2, 0.25) is 20.7 Å². The number of sulfonamides is 1. The number of esters is 1. The fraction of sp³-hybridized carbons (Fsp3) is 0.318. The van der Waals surface area contributed by atoms with Gasteiger partial charge in [0, 0.05) is 26.1 Å². The molecular formula is C22H24N4O5S2. The highest BCUT2D eigenvalue weighted by Gasteiger charge is 2.34. The van der Waals surface area contributed by atoms with Crippen LogP contribution in [0.5, 0.6) is 0 Å². The summed E-state index contributed by atoms with van der Waals surface area (Å²) in [4.78, 5) is 25.3. The smallest absolute Gasteiger partial charge is 0.339 e. The Labute approximate surface area is 195 Å². The van der Waals surface area contributed by atoms with Gasteiger partial charge in [0.05, 0.1) is 27.8 Å². The number of nitrogens with zero attached hydrogens (tertiary/aromatic N) is 3. The molecule has 1 aliphatic rings. The summed E-state index contributed by atoms with van der Waals surface area (Å²) in [6, 6.07) is 13.8. The molecule has 1 amide bonds. The van der Waals surface area contributed by atoms with Gasteiger partial charge in [-0.15, -0.1) is 5.10 Å². The van der Waals surface area contributed by atoms with Crippen molar-refractivity contribution in [3.63, 3.8) is 0 Å². The van der Waals surface area contributed by atoms with Gasteiger partial charge in [-0.1, -0.05) is 35.6 Å². The van der Waals surface area contributed by atoms with E-state index in [1.54, 1.807) is 12.1 Å². The summed E-state index contributed by atoms with van der Waals surface area (Å²) in [5.74, 6) is -1.30. The Morgan fingerprint density at radius 3 is 2.45 bits per heavy atom. The van der Waals surface area contributed by atoms with Crippen LogP contribution < -0.4 is 10.2 Å². The molecule has 0 aliphatic carbocycles. The number of hydrogen-bond donors (Lipinski definition) is 1. The van der Waals surface area contributed by atoms with Crippen LogP contribution in [0.25, 0.3) is 10.2 Å². The van der Waals surface area contributed by atoms with E-state index >= 15 is 0 Å². The maximum Gasteiger partial charge on any atom is 0.339 e. The van der Waals surface area contributed by atoms with Crippen LogP contribution in [0.3, 0.4) is 0 Å². The highest BCUT2D eigenvalue weighted by Crippen LogP contribution is 2.26. The average molecular weight is 489 g/mol. The molecule has 0 spiro atoms. The molecule has 33 heavy (non-hydrogen) atoms. The van der Waals surface area contributed by atoms with E-state index < -0.39 is 16.0 Å². The third-order valence-electron chi connectivity index (χ3n) is 5.71. The number of hydrogen-bond acceptors (Lipinski definition) is 7. The predicted octanol–water partition coefficient (Wildman–Crippen LogP) is 2.06. The fourth-order valence-electron chi connectivity index (χ4n) is 3.85. The van der Waals surface area contributed by atoms with Crippen LogP contribution in [0.4, 0.5) is 0 Å². The Hall–Kier alpha value is -3.02. The molecule has 1 fully saturated rings. The maximum absolute atomic E-state index is 13.1. The molecule has 0 atom stereocenters. The summed E-state index contributed by atoms with van der Waals surface area (Å²) in [5, 5.41) is 4.27. The quantitative estimate of drug-likeness (QED) is 0.437. The van der Waals surface area contributed by atoms with E-state index in [1.165, 1.54) is 34.9 Å². The van der Waals surface area contributed by atoms with Crippen molar-refractivity contribution in [1.29, 1.82) is 0 Å². The molecule has 4 rings (SSSR count). The minimum atomic E-state index is -3.90. The Balaban J connectivity index is 1.44. The Morgan fingerprint density at radius 2 is 1.76 bits per heavy atom. The third kappa shape index (κ3) is 4.56. The van der Waals surface area contributed by atoms with Gasteiger partial charge in [-0.2, -0.15) is 4.31 Å². The highest BCUT2D eigenvalue weighted by molar-refractivity contribution is 7.89. The van der Waals surface area contributed by atoms with E-state index in [9.17, 15) is 18.0 Å². The molecule has 1 N–H and O–H groups in total. The number of piperidine rings is 1. The van der Waals surface area contributed by atoms with Crippen LogP contribution in [0.1, 0.15) is 23.2 Å². The zero-order valence-electron chi connectivity index (χ0n) is 18.2. The number of carbonyl (C=O) groups is 2. The number of aromatic nitrogens is 1. The molecule has 1 aromatic heterocycles. The SMILES string of the molecule is COC(=O)c1ccccc1S(=O)(=O)N1CCC(C(=O)N/N=c2\sc3ccccc3n2C)CC1. The van der Waals surface area contributed by atoms with Crippen molar-refractivity contribution in [3.8, 4) is 0 Å². The predicted molar refractivity (Wildman–Crippen MR) is 124 cm³/mol. The molecule has 0 unspecified atom stereocenters. The summed E-state index contributed by atoms with van der Waals surface area (Å²) in [6.07, 6.45) is 0.721. The number of aryl methyl sites for hydroxylation is 1. The van der Waals surface area contributed by atoms with Crippen LogP contribution in [-0.2, 0) is 26.6 Å². The first kappa shape index (κ1) is 23.1. The van der Waals surface area contributed by atoms with Crippen molar-refractivity contribution < 1.29 is 22.7 Å². The molecule has 1 aliphatic heterocycles. The van der Waals surface area contributed by atoms with E-state index in [-0.39, 0.29) is 35.4 Å². The van der Waals surface area contributed by atoms with Crippen LogP contribution in [0.15, 0.2) is 58.5 Å². The van der Waals surface area contributed by atoms with Gasteiger partial charge in [-0.25, -0.2) is 18.6 Å². The third-order valence-corrected chi connectivity index (χ3v) is 8.78. The number of thiazole rings is 1. The topological polar surface area (TPSA) is 110 Å². The summed E-state index contributed by atoms with van der Waals surface area (Å²) in [5.41, 5.74) is 3.66. The van der Waals surface area contributed by atoms with E-state index in [1.807, 2.05) is 35.9 Å². The standard InChI is InChI=1S/C22H24N4O5S2/c1-25-17-8-4-5-9-18(17)32-22(25)24-23-20(27)15-11-13-26(14-12-15)33(29,30)19-10-6-3-7-16(19)21(28)31-2/h3-10,15H,11-14H2,1-2H3,(H,23,27)/b24-22-. The second-order valence-corrected chi connectivity index (χ2v) is 10.6. The number of para-hydroxylation sites is 1. The van der Waals surface area contributed by atoms with E-state index in [2.05, 4.69) is 10.5 Å². The number of rotatable bonds is 5. The molecule has 174 valence electrons. The van der Waals surface area contributed by atoms with Crippen molar-refractivity contribution in [3.05, 3.63) is 58.9 Å². The van der Waals surface area contributed by atoms with Gasteiger partial charge in [-0.3, -0.25) is 4.79 Å². The molecule has 3 aromatic rings. The summed E-state index contributed by atoms with van der Waals surface area (Å²) in [7, 11) is -0.801. The Kier molecular flexibility index (Phi) is 6.63. The first-order valence-corrected chi connectivity index (χ1v) is 12.6. The number of fused-ring (bicyclic) bond motifs is 1. The van der Waals surface area contributed by atoms with Gasteiger partial charge in [-0.05, 0) is 37.1 Å². The van der Waals surface area contributed by atoms with Gasteiger partial charge >= 0.3 is 5.97 Å². The lowest BCUT2D eigenvalue weighted by Gasteiger charge is -2.30. The molecular weight excluding hydrogens is 464 g/mol. The number of amides is 1. The first-order chi connectivity index (χ1) is 15.8. The molecule has 9 nitrogen and oxygen atoms in total. The number of nitrogens with one attached hydrogen (secondary N) is 1. The Morgan fingerprint density at radius 1 is 1.09 bits per heavy atom. The maximum atomic E-state index is 13.1. The molecule has 0 bridgehead atoms. The van der Waals surface area contributed by atoms with Crippen molar-refractivity contribution in [1.82, 2.24) is 14.3 Å². The first-order valence-electron chi connectivity index (χ1n) is 10.4. The Bertz CT molecular complexity index is 1370. The van der Waals surface area contributed by atoms with Crippen molar-refractivity contribution in [2.24, 2.45) is 18.1 Å². The van der Waals surface area contributed by atoms with Gasteiger partial charge in [0.15, 0.2) is 0 Å². The van der Waals surface area contributed by atoms with Crippen LogP contribution >= 0.6 is 11.3 Å². The second-order valence-electron chi connectivity index (χ2n) is 7.67. The minimum absolute atomic E-state index is 0.00475. The van der Waals surface area contributed by atoms with E-state index in [4.69, 9.17) is 4.74 Å². The van der Waals surface area contributed by atoms with Gasteiger partial charge in [0.25, 0.3) is 0 Å². The van der Waals surface area contributed by atoms with Crippen molar-refractivity contribution >= 4 is 43.5 Å². The zero-order valence-corrected chi connectivity index (χ0v) is 19.9. The number of methoxy groups -OCH3 is 1. The average Bonchev–Trinajstić information content (AvgIpc) is 3.17. The molecule has 1 saturated heterocycles. The van der Waals surface area contributed by atoms with E-state index in [0.717, 1.165) is 10.2 Å². The molecule has 0 saturated carbocycles. The summed E-state index contributed by atoms with van der Waals surface area (Å²) < 4.78 is 35.3. The van der Waals surface area contributed by atoms with Crippen LogP contribution in [0.2, 0.25) is 0 Å². The van der Waals surface area contributed by atoms with Crippen molar-refractivity contribution in [2.45, 2.75) is 17.7 Å². The lowest BCUT2D eigenvalue weighted by Crippen LogP contribution is -2.42. The summed E-state index contributed by atoms with van der Waals surface area (Å²) >= 11 is 1.48. The lowest BCUT2D eigenvalue weighted by molar-refractivity contribution is -0.126. The molecule has 11 heteroatoms. The lowest BCUT2D eigenvalue weighted by atomic mass is 9.98. The van der Waals surface area contributed by atoms with Crippen LogP contribution in [0, 0.1) is 5.92 Å². The van der Waals surface area contributed by atoms with Crippen LogP contribution in [-0.4, -0.2) is 49.4 Å². The molecule has 2 aromatic carbocycles. The largest absolute Gasteiger partial charge is 0.465 e. The second kappa shape index (κ2) is 9.46. The number of carbonyl (C=O) groups excluding carboxylic acids is 2. The fourth-order valence-corrected chi connectivity index (χ4v) is 6.48. The van der Waals surface area contributed by atoms with Gasteiger partial charge in [0.1, 0.15) is 0 Å². The monoisotopic (exact) mass is 488 g/mol. The minimum Gasteiger partial charge on any atom is -0.465 e. The number of benzene rings is 2. The number of ether oxygens (including phenoxy) is 1. The highest BCUT2D eigenvalue weighted by atomic mass is 32.2.